The van der Waals surface area contributed by atoms with Gasteiger partial charge in [0, 0.05) is 19.7 Å². The predicted octanol–water partition coefficient (Wildman–Crippen LogP) is 2.93. The van der Waals surface area contributed by atoms with Crippen LogP contribution >= 0.6 is 0 Å². The average molecular weight is 464 g/mol. The molecular formula is C24H51BrN2O. The second-order valence-electron chi connectivity index (χ2n) is 9.28. The maximum atomic E-state index is 6.08. The van der Waals surface area contributed by atoms with Gasteiger partial charge in [-0.15, -0.1) is 0 Å². The van der Waals surface area contributed by atoms with Gasteiger partial charge in [0.15, 0.2) is 0 Å². The van der Waals surface area contributed by atoms with E-state index in [0.29, 0.717) is 6.10 Å². The quantitative estimate of drug-likeness (QED) is 0.249. The molecule has 4 heteroatoms. The number of nitrogens with one attached hydrogen (secondary N) is 1. The van der Waals surface area contributed by atoms with E-state index in [0.717, 1.165) is 19.7 Å². The molecule has 1 unspecified atom stereocenters. The van der Waals surface area contributed by atoms with Crippen LogP contribution in [0.2, 0.25) is 0 Å². The van der Waals surface area contributed by atoms with Gasteiger partial charge in [0.25, 0.3) is 0 Å². The molecule has 1 aliphatic rings. The number of quaternary nitrogens is 1. The number of nitrogens with zero attached hydrogens (tertiary/aromatic N) is 1. The van der Waals surface area contributed by atoms with Gasteiger partial charge in [-0.05, 0) is 13.3 Å². The van der Waals surface area contributed by atoms with Crippen LogP contribution in [0, 0.1) is 0 Å². The van der Waals surface area contributed by atoms with E-state index in [9.17, 15) is 0 Å². The Morgan fingerprint density at radius 1 is 0.750 bits per heavy atom. The van der Waals surface area contributed by atoms with Crippen LogP contribution in [-0.2, 0) is 4.74 Å². The predicted molar refractivity (Wildman–Crippen MR) is 119 cm³/mol. The molecule has 0 aromatic rings. The Labute approximate surface area is 187 Å². The summed E-state index contributed by atoms with van der Waals surface area (Å²) < 4.78 is 7.25. The lowest BCUT2D eigenvalue weighted by atomic mass is 10.0. The summed E-state index contributed by atoms with van der Waals surface area (Å²) in [5, 5.41) is 3.46. The van der Waals surface area contributed by atoms with E-state index in [4.69, 9.17) is 4.74 Å². The van der Waals surface area contributed by atoms with E-state index in [-0.39, 0.29) is 17.0 Å². The third kappa shape index (κ3) is 16.2. The standard InChI is InChI=1S/C24H51N2O.BrH/c1-4-5-6-7-8-9-10-11-12-13-14-15-16-17-22-27-24(2)23-26(3)20-18-25-19-21-26;/h24-25H,4-23H2,1-3H3;1H/q+1;/p-1. The monoisotopic (exact) mass is 462 g/mol. The zero-order valence-corrected chi connectivity index (χ0v) is 21.0. The molecule has 170 valence electrons. The molecule has 0 spiro atoms. The van der Waals surface area contributed by atoms with Crippen LogP contribution in [0.4, 0.5) is 0 Å². The molecule has 0 aromatic heterocycles. The van der Waals surface area contributed by atoms with E-state index in [1.54, 1.807) is 0 Å². The molecule has 0 aromatic carbocycles. The van der Waals surface area contributed by atoms with E-state index >= 15 is 0 Å². The Balaban J connectivity index is 0.00000729. The number of ether oxygens (including phenoxy) is 1. The fourth-order valence-corrected chi connectivity index (χ4v) is 4.37. The van der Waals surface area contributed by atoms with Gasteiger partial charge in [-0.25, -0.2) is 0 Å². The molecular weight excluding hydrogens is 412 g/mol. The molecule has 0 aliphatic carbocycles. The molecule has 1 fully saturated rings. The lowest BCUT2D eigenvalue weighted by Gasteiger charge is -2.39. The highest BCUT2D eigenvalue weighted by Crippen LogP contribution is 2.13. The number of rotatable bonds is 18. The van der Waals surface area contributed by atoms with Crippen molar-refractivity contribution >= 4 is 0 Å². The summed E-state index contributed by atoms with van der Waals surface area (Å²) >= 11 is 0. The Hall–Kier alpha value is 0.360. The van der Waals surface area contributed by atoms with Crippen LogP contribution < -0.4 is 22.3 Å². The minimum Gasteiger partial charge on any atom is -1.00 e. The number of unbranched alkanes of at least 4 members (excludes halogenated alkanes) is 13. The van der Waals surface area contributed by atoms with Gasteiger partial charge < -0.3 is 31.5 Å². The van der Waals surface area contributed by atoms with Crippen LogP contribution in [0.5, 0.6) is 0 Å². The highest BCUT2D eigenvalue weighted by molar-refractivity contribution is 4.58. The van der Waals surface area contributed by atoms with Crippen molar-refractivity contribution in [2.24, 2.45) is 0 Å². The summed E-state index contributed by atoms with van der Waals surface area (Å²) in [5.74, 6) is 0. The Morgan fingerprint density at radius 2 is 1.18 bits per heavy atom. The van der Waals surface area contributed by atoms with Crippen LogP contribution in [0.3, 0.4) is 0 Å². The van der Waals surface area contributed by atoms with Crippen LogP contribution in [0.1, 0.15) is 104 Å². The highest BCUT2D eigenvalue weighted by atomic mass is 79.9. The van der Waals surface area contributed by atoms with E-state index in [1.807, 2.05) is 0 Å². The molecule has 1 rings (SSSR count). The third-order valence-electron chi connectivity index (χ3n) is 6.25. The van der Waals surface area contributed by atoms with Crippen molar-refractivity contribution < 1.29 is 26.2 Å². The first-order valence-electron chi connectivity index (χ1n) is 12.3. The molecule has 3 nitrogen and oxygen atoms in total. The molecule has 0 radical (unpaired) electrons. The van der Waals surface area contributed by atoms with Gasteiger partial charge in [-0.2, -0.15) is 0 Å². The number of piperazine rings is 1. The summed E-state index contributed by atoms with van der Waals surface area (Å²) in [4.78, 5) is 0. The molecule has 1 atom stereocenters. The van der Waals surface area contributed by atoms with Gasteiger partial charge in [-0.1, -0.05) is 90.4 Å². The largest absolute Gasteiger partial charge is 1.00 e. The molecule has 0 amide bonds. The molecule has 1 heterocycles. The SMILES string of the molecule is CCCCCCCCCCCCCCCCOC(C)C[N+]1(C)CCNCC1.[Br-]. The number of halogens is 1. The molecule has 1 saturated heterocycles. The van der Waals surface area contributed by atoms with Gasteiger partial charge in [0.05, 0.1) is 20.1 Å². The normalized spacial score (nSPS) is 17.2. The van der Waals surface area contributed by atoms with Crippen molar-refractivity contribution in [1.29, 1.82) is 0 Å². The Morgan fingerprint density at radius 3 is 1.64 bits per heavy atom. The summed E-state index contributed by atoms with van der Waals surface area (Å²) in [6.45, 7) is 11.5. The van der Waals surface area contributed by atoms with E-state index in [2.05, 4.69) is 26.2 Å². The Kier molecular flexibility index (Phi) is 19.6. The summed E-state index contributed by atoms with van der Waals surface area (Å²) in [7, 11) is 2.38. The number of hydrogen-bond acceptors (Lipinski definition) is 2. The zero-order valence-electron chi connectivity index (χ0n) is 19.5. The third-order valence-corrected chi connectivity index (χ3v) is 6.25. The first kappa shape index (κ1) is 28.4. The maximum absolute atomic E-state index is 6.08. The van der Waals surface area contributed by atoms with Crippen molar-refractivity contribution in [1.82, 2.24) is 5.32 Å². The van der Waals surface area contributed by atoms with E-state index < -0.39 is 0 Å². The summed E-state index contributed by atoms with van der Waals surface area (Å²) in [6.07, 6.45) is 20.3. The van der Waals surface area contributed by atoms with Crippen LogP contribution in [0.15, 0.2) is 0 Å². The minimum absolute atomic E-state index is 0. The van der Waals surface area contributed by atoms with Crippen LogP contribution in [0.25, 0.3) is 0 Å². The maximum Gasteiger partial charge on any atom is 0.105 e. The van der Waals surface area contributed by atoms with Crippen LogP contribution in [-0.4, -0.2) is 57.0 Å². The number of hydrogen-bond donors (Lipinski definition) is 1. The topological polar surface area (TPSA) is 21.3 Å². The number of likely N-dealkylation sites (N-methyl/N-ethyl adjacent to an activating group) is 1. The van der Waals surface area contributed by atoms with Crippen molar-refractivity contribution in [3.63, 3.8) is 0 Å². The average Bonchev–Trinajstić information content (AvgIpc) is 2.65. The first-order valence-corrected chi connectivity index (χ1v) is 12.3. The molecule has 0 bridgehead atoms. The van der Waals surface area contributed by atoms with Crippen molar-refractivity contribution in [3.05, 3.63) is 0 Å². The fraction of sp³-hybridized carbons (Fsp3) is 1.00. The lowest BCUT2D eigenvalue weighted by Crippen LogP contribution is -3.00. The minimum atomic E-state index is 0. The van der Waals surface area contributed by atoms with Crippen molar-refractivity contribution in [3.8, 4) is 0 Å². The highest BCUT2D eigenvalue weighted by Gasteiger charge is 2.26. The van der Waals surface area contributed by atoms with Gasteiger partial charge in [0.2, 0.25) is 0 Å². The first-order chi connectivity index (χ1) is 13.2. The van der Waals surface area contributed by atoms with Crippen molar-refractivity contribution in [2.75, 3.05) is 46.4 Å². The summed E-state index contributed by atoms with van der Waals surface area (Å²) in [5.41, 5.74) is 0. The van der Waals surface area contributed by atoms with E-state index in [1.165, 1.54) is 114 Å². The molecule has 1 aliphatic heterocycles. The van der Waals surface area contributed by atoms with Gasteiger partial charge in [-0.3, -0.25) is 0 Å². The lowest BCUT2D eigenvalue weighted by molar-refractivity contribution is -0.913. The fourth-order valence-electron chi connectivity index (χ4n) is 4.37. The molecule has 1 N–H and O–H groups in total. The second-order valence-corrected chi connectivity index (χ2v) is 9.28. The van der Waals surface area contributed by atoms with Crippen molar-refractivity contribution in [2.45, 2.75) is 110 Å². The molecule has 28 heavy (non-hydrogen) atoms. The molecule has 0 saturated carbocycles. The smallest absolute Gasteiger partial charge is 0.105 e. The van der Waals surface area contributed by atoms with Gasteiger partial charge in [0.1, 0.15) is 12.6 Å². The Bertz CT molecular complexity index is 322. The second kappa shape index (κ2) is 19.3. The summed E-state index contributed by atoms with van der Waals surface area (Å²) in [6, 6.07) is 0. The zero-order chi connectivity index (χ0) is 19.6. The van der Waals surface area contributed by atoms with Gasteiger partial charge >= 0.3 is 0 Å².